The van der Waals surface area contributed by atoms with Gasteiger partial charge < -0.3 is 9.88 Å². The van der Waals surface area contributed by atoms with Gasteiger partial charge in [0, 0.05) is 24.5 Å². The summed E-state index contributed by atoms with van der Waals surface area (Å²) in [4.78, 5) is 12.5. The number of nitrogens with one attached hydrogen (secondary N) is 1. The largest absolute Gasteiger partial charge is 0.352 e. The van der Waals surface area contributed by atoms with Gasteiger partial charge in [0.2, 0.25) is 0 Å². The van der Waals surface area contributed by atoms with Crippen LogP contribution >= 0.6 is 0 Å². The second-order valence-corrected chi connectivity index (χ2v) is 5.37. The maximum absolute atomic E-state index is 13.2. The second-order valence-electron chi connectivity index (χ2n) is 5.37. The van der Waals surface area contributed by atoms with Crippen molar-refractivity contribution in [2.24, 2.45) is 7.05 Å². The van der Waals surface area contributed by atoms with Gasteiger partial charge >= 0.3 is 0 Å². The average Bonchev–Trinajstić information content (AvgIpc) is 3.00. The summed E-state index contributed by atoms with van der Waals surface area (Å²) >= 11 is 0. The summed E-state index contributed by atoms with van der Waals surface area (Å²) in [5.41, 5.74) is 2.35. The molecule has 0 bridgehead atoms. The van der Waals surface area contributed by atoms with E-state index in [2.05, 4.69) is 5.32 Å². The highest BCUT2D eigenvalue weighted by Crippen LogP contribution is 2.23. The van der Waals surface area contributed by atoms with Crippen molar-refractivity contribution in [1.29, 1.82) is 0 Å². The summed E-state index contributed by atoms with van der Waals surface area (Å²) in [6.07, 6.45) is 1.92. The standard InChI is InChI=1S/C19H17FN2O/c1-22-13-5-8-17(22)18(14-9-11-16(20)12-10-14)21-19(23)15-6-3-2-4-7-15/h2-13,18H,1H3,(H,21,23). The molecule has 0 spiro atoms. The lowest BCUT2D eigenvalue weighted by atomic mass is 10.0. The Kier molecular flexibility index (Phi) is 4.24. The van der Waals surface area contributed by atoms with Crippen LogP contribution in [0.4, 0.5) is 4.39 Å². The third-order valence-corrected chi connectivity index (χ3v) is 3.79. The van der Waals surface area contributed by atoms with E-state index in [9.17, 15) is 9.18 Å². The first-order chi connectivity index (χ1) is 11.1. The summed E-state index contributed by atoms with van der Waals surface area (Å²) in [5, 5.41) is 3.03. The van der Waals surface area contributed by atoms with Gasteiger partial charge in [-0.2, -0.15) is 0 Å². The van der Waals surface area contributed by atoms with Crippen LogP contribution in [0.25, 0.3) is 0 Å². The first-order valence-electron chi connectivity index (χ1n) is 7.38. The van der Waals surface area contributed by atoms with Crippen molar-refractivity contribution >= 4 is 5.91 Å². The molecule has 1 aromatic heterocycles. The van der Waals surface area contributed by atoms with Crippen molar-refractivity contribution in [1.82, 2.24) is 9.88 Å². The summed E-state index contributed by atoms with van der Waals surface area (Å²) in [6, 6.07) is 18.8. The van der Waals surface area contributed by atoms with E-state index < -0.39 is 0 Å². The number of hydrogen-bond acceptors (Lipinski definition) is 1. The van der Waals surface area contributed by atoms with Crippen molar-refractivity contribution in [2.45, 2.75) is 6.04 Å². The number of amides is 1. The number of carbonyl (C=O) groups excluding carboxylic acids is 1. The van der Waals surface area contributed by atoms with Crippen LogP contribution in [-0.2, 0) is 7.05 Å². The lowest BCUT2D eigenvalue weighted by Crippen LogP contribution is -2.30. The molecular formula is C19H17FN2O. The molecule has 116 valence electrons. The van der Waals surface area contributed by atoms with Crippen LogP contribution in [-0.4, -0.2) is 10.5 Å². The van der Waals surface area contributed by atoms with Gasteiger partial charge in [-0.25, -0.2) is 4.39 Å². The molecule has 2 aromatic carbocycles. The highest BCUT2D eigenvalue weighted by Gasteiger charge is 2.19. The molecule has 3 nitrogen and oxygen atoms in total. The monoisotopic (exact) mass is 308 g/mol. The Labute approximate surface area is 134 Å². The van der Waals surface area contributed by atoms with Crippen molar-refractivity contribution < 1.29 is 9.18 Å². The van der Waals surface area contributed by atoms with Gasteiger partial charge in [-0.05, 0) is 42.0 Å². The van der Waals surface area contributed by atoms with Crippen molar-refractivity contribution in [2.75, 3.05) is 0 Å². The number of aryl methyl sites for hydroxylation is 1. The molecule has 0 fully saturated rings. The van der Waals surface area contributed by atoms with E-state index in [0.717, 1.165) is 11.3 Å². The van der Waals surface area contributed by atoms with Crippen LogP contribution in [0.5, 0.6) is 0 Å². The number of rotatable bonds is 4. The predicted molar refractivity (Wildman–Crippen MR) is 87.6 cm³/mol. The zero-order chi connectivity index (χ0) is 16.2. The topological polar surface area (TPSA) is 34.0 Å². The van der Waals surface area contributed by atoms with Gasteiger partial charge in [0.15, 0.2) is 0 Å². The molecule has 0 aliphatic carbocycles. The van der Waals surface area contributed by atoms with Crippen LogP contribution < -0.4 is 5.32 Å². The maximum atomic E-state index is 13.2. The molecule has 1 amide bonds. The molecule has 1 atom stereocenters. The lowest BCUT2D eigenvalue weighted by Gasteiger charge is -2.20. The van der Waals surface area contributed by atoms with Gasteiger partial charge in [-0.3, -0.25) is 4.79 Å². The number of benzene rings is 2. The third kappa shape index (κ3) is 3.31. The van der Waals surface area contributed by atoms with Gasteiger partial charge in [-0.15, -0.1) is 0 Å². The van der Waals surface area contributed by atoms with Crippen molar-refractivity contribution in [3.8, 4) is 0 Å². The quantitative estimate of drug-likeness (QED) is 0.784. The normalized spacial score (nSPS) is 11.9. The van der Waals surface area contributed by atoms with Crippen molar-refractivity contribution in [3.63, 3.8) is 0 Å². The Morgan fingerprint density at radius 2 is 1.70 bits per heavy atom. The van der Waals surface area contributed by atoms with Crippen LogP contribution in [0.3, 0.4) is 0 Å². The summed E-state index contributed by atoms with van der Waals surface area (Å²) in [6.45, 7) is 0. The fourth-order valence-corrected chi connectivity index (χ4v) is 2.56. The van der Waals surface area contributed by atoms with E-state index in [1.165, 1.54) is 12.1 Å². The van der Waals surface area contributed by atoms with Gasteiger partial charge in [-0.1, -0.05) is 30.3 Å². The smallest absolute Gasteiger partial charge is 0.252 e. The highest BCUT2D eigenvalue weighted by atomic mass is 19.1. The predicted octanol–water partition coefficient (Wildman–Crippen LogP) is 3.68. The molecule has 0 saturated heterocycles. The van der Waals surface area contributed by atoms with Crippen LogP contribution in [0, 0.1) is 5.82 Å². The second kappa shape index (κ2) is 6.48. The molecule has 4 heteroatoms. The van der Waals surface area contributed by atoms with Crippen LogP contribution in [0.2, 0.25) is 0 Å². The minimum absolute atomic E-state index is 0.166. The molecule has 0 aliphatic heterocycles. The van der Waals surface area contributed by atoms with Crippen LogP contribution in [0.15, 0.2) is 72.9 Å². The van der Waals surface area contributed by atoms with Crippen molar-refractivity contribution in [3.05, 3.63) is 95.6 Å². The summed E-state index contributed by atoms with van der Waals surface area (Å²) in [7, 11) is 1.92. The zero-order valence-corrected chi connectivity index (χ0v) is 12.7. The molecule has 1 unspecified atom stereocenters. The zero-order valence-electron chi connectivity index (χ0n) is 12.7. The van der Waals surface area contributed by atoms with E-state index in [0.29, 0.717) is 5.56 Å². The minimum atomic E-state index is -0.344. The minimum Gasteiger partial charge on any atom is -0.352 e. The SMILES string of the molecule is Cn1cccc1C(NC(=O)c1ccccc1)c1ccc(F)cc1. The van der Waals surface area contributed by atoms with E-state index in [1.807, 2.05) is 48.1 Å². The Morgan fingerprint density at radius 3 is 2.30 bits per heavy atom. The Balaban J connectivity index is 1.94. The lowest BCUT2D eigenvalue weighted by molar-refractivity contribution is 0.0942. The molecule has 1 heterocycles. The maximum Gasteiger partial charge on any atom is 0.252 e. The number of halogens is 1. The molecule has 3 aromatic rings. The number of nitrogens with zero attached hydrogens (tertiary/aromatic N) is 1. The number of hydrogen-bond donors (Lipinski definition) is 1. The third-order valence-electron chi connectivity index (χ3n) is 3.79. The number of carbonyl (C=O) groups is 1. The molecule has 1 N–H and O–H groups in total. The van der Waals surface area contributed by atoms with Gasteiger partial charge in [0.1, 0.15) is 5.82 Å². The first kappa shape index (κ1) is 15.0. The molecule has 23 heavy (non-hydrogen) atoms. The molecule has 0 saturated carbocycles. The number of aromatic nitrogens is 1. The van der Waals surface area contributed by atoms with E-state index in [4.69, 9.17) is 0 Å². The molecular weight excluding hydrogens is 291 g/mol. The first-order valence-corrected chi connectivity index (χ1v) is 7.38. The Hall–Kier alpha value is -2.88. The Bertz CT molecular complexity index is 794. The fourth-order valence-electron chi connectivity index (χ4n) is 2.56. The average molecular weight is 308 g/mol. The van der Waals surface area contributed by atoms with E-state index in [1.54, 1.807) is 24.3 Å². The Morgan fingerprint density at radius 1 is 1.00 bits per heavy atom. The molecule has 0 radical (unpaired) electrons. The van der Waals surface area contributed by atoms with Gasteiger partial charge in [0.05, 0.1) is 6.04 Å². The van der Waals surface area contributed by atoms with E-state index >= 15 is 0 Å². The van der Waals surface area contributed by atoms with E-state index in [-0.39, 0.29) is 17.8 Å². The molecule has 3 rings (SSSR count). The summed E-state index contributed by atoms with van der Waals surface area (Å²) < 4.78 is 15.2. The summed E-state index contributed by atoms with van der Waals surface area (Å²) in [5.74, 6) is -0.463. The fraction of sp³-hybridized carbons (Fsp3) is 0.105. The molecule has 0 aliphatic rings. The van der Waals surface area contributed by atoms with Gasteiger partial charge in [0.25, 0.3) is 5.91 Å². The highest BCUT2D eigenvalue weighted by molar-refractivity contribution is 5.94. The van der Waals surface area contributed by atoms with Crippen LogP contribution in [0.1, 0.15) is 27.7 Å².